The van der Waals surface area contributed by atoms with Crippen LogP contribution in [0.4, 0.5) is 10.1 Å². The SMILES string of the molecule is CCC(C(=O)Nc1ccc(OC)c(Cl)c1)N1CCN(Cc2ccc(F)cc2)C(=O)C1=O. The first-order valence-electron chi connectivity index (χ1n) is 9.82. The maximum absolute atomic E-state index is 13.1. The second kappa shape index (κ2) is 9.78. The van der Waals surface area contributed by atoms with Crippen molar-refractivity contribution in [1.82, 2.24) is 9.80 Å². The van der Waals surface area contributed by atoms with E-state index in [1.165, 1.54) is 29.0 Å². The van der Waals surface area contributed by atoms with Crippen LogP contribution in [0.15, 0.2) is 42.5 Å². The molecule has 1 atom stereocenters. The molecule has 9 heteroatoms. The summed E-state index contributed by atoms with van der Waals surface area (Å²) < 4.78 is 18.2. The fourth-order valence-electron chi connectivity index (χ4n) is 3.47. The molecule has 1 aliphatic heterocycles. The monoisotopic (exact) mass is 447 g/mol. The lowest BCUT2D eigenvalue weighted by Crippen LogP contribution is -2.59. The molecule has 31 heavy (non-hydrogen) atoms. The molecule has 1 unspecified atom stereocenters. The average molecular weight is 448 g/mol. The minimum Gasteiger partial charge on any atom is -0.495 e. The number of anilines is 1. The molecular formula is C22H23ClFN3O4. The molecule has 0 saturated carbocycles. The fourth-order valence-corrected chi connectivity index (χ4v) is 3.72. The standard InChI is InChI=1S/C22H23ClFN3O4/c1-3-18(20(28)25-16-8-9-19(31-2)17(23)12-16)27-11-10-26(21(29)22(27)30)13-14-4-6-15(24)7-5-14/h4-9,12,18H,3,10-11,13H2,1-2H3,(H,25,28). The van der Waals surface area contributed by atoms with Gasteiger partial charge in [-0.25, -0.2) is 4.39 Å². The van der Waals surface area contributed by atoms with Crippen molar-refractivity contribution in [2.75, 3.05) is 25.5 Å². The number of halogens is 2. The zero-order valence-electron chi connectivity index (χ0n) is 17.2. The molecule has 0 aliphatic carbocycles. The summed E-state index contributed by atoms with van der Waals surface area (Å²) in [5.74, 6) is -1.72. The lowest BCUT2D eigenvalue weighted by molar-refractivity contribution is -0.159. The molecule has 1 N–H and O–H groups in total. The van der Waals surface area contributed by atoms with Crippen LogP contribution in [0.2, 0.25) is 5.02 Å². The molecule has 7 nitrogen and oxygen atoms in total. The Morgan fingerprint density at radius 3 is 2.48 bits per heavy atom. The van der Waals surface area contributed by atoms with Crippen LogP contribution in [0.1, 0.15) is 18.9 Å². The van der Waals surface area contributed by atoms with Crippen molar-refractivity contribution < 1.29 is 23.5 Å². The average Bonchev–Trinajstić information content (AvgIpc) is 2.75. The summed E-state index contributed by atoms with van der Waals surface area (Å²) in [6, 6.07) is 9.78. The smallest absolute Gasteiger partial charge is 0.312 e. The number of ether oxygens (including phenoxy) is 1. The van der Waals surface area contributed by atoms with E-state index in [0.717, 1.165) is 5.56 Å². The van der Waals surface area contributed by atoms with Crippen LogP contribution in [-0.4, -0.2) is 53.8 Å². The summed E-state index contributed by atoms with van der Waals surface area (Å²) in [6.07, 6.45) is 0.340. The number of rotatable bonds is 7. The van der Waals surface area contributed by atoms with E-state index < -0.39 is 23.8 Å². The largest absolute Gasteiger partial charge is 0.495 e. The zero-order valence-corrected chi connectivity index (χ0v) is 18.0. The van der Waals surface area contributed by atoms with Gasteiger partial charge in [0.25, 0.3) is 0 Å². The Balaban J connectivity index is 1.67. The van der Waals surface area contributed by atoms with Crippen molar-refractivity contribution in [1.29, 1.82) is 0 Å². The molecule has 3 rings (SSSR count). The highest BCUT2D eigenvalue weighted by Crippen LogP contribution is 2.27. The molecule has 3 amide bonds. The Labute approximate surface area is 184 Å². The van der Waals surface area contributed by atoms with Crippen molar-refractivity contribution in [3.05, 3.63) is 58.9 Å². The number of hydrogen-bond acceptors (Lipinski definition) is 4. The topological polar surface area (TPSA) is 79.0 Å². The number of carbonyl (C=O) groups is 3. The number of nitrogens with zero attached hydrogens (tertiary/aromatic N) is 2. The van der Waals surface area contributed by atoms with Gasteiger partial charge in [0.15, 0.2) is 0 Å². The van der Waals surface area contributed by atoms with Crippen LogP contribution in [0.3, 0.4) is 0 Å². The molecule has 164 valence electrons. The first-order chi connectivity index (χ1) is 14.8. The lowest BCUT2D eigenvalue weighted by atomic mass is 10.1. The second-order valence-corrected chi connectivity index (χ2v) is 7.52. The van der Waals surface area contributed by atoms with Crippen LogP contribution in [-0.2, 0) is 20.9 Å². The number of hydrogen-bond donors (Lipinski definition) is 1. The summed E-state index contributed by atoms with van der Waals surface area (Å²) in [6.45, 7) is 2.47. The normalized spacial score (nSPS) is 15.1. The molecular weight excluding hydrogens is 425 g/mol. The van der Waals surface area contributed by atoms with Gasteiger partial charge in [-0.3, -0.25) is 14.4 Å². The van der Waals surface area contributed by atoms with Crippen molar-refractivity contribution in [2.24, 2.45) is 0 Å². The second-order valence-electron chi connectivity index (χ2n) is 7.11. The molecule has 0 aromatic heterocycles. The van der Waals surface area contributed by atoms with E-state index in [2.05, 4.69) is 5.32 Å². The highest BCUT2D eigenvalue weighted by atomic mass is 35.5. The Bertz CT molecular complexity index is 983. The lowest BCUT2D eigenvalue weighted by Gasteiger charge is -2.37. The van der Waals surface area contributed by atoms with Crippen molar-refractivity contribution in [3.8, 4) is 5.75 Å². The van der Waals surface area contributed by atoms with Gasteiger partial charge in [0.1, 0.15) is 17.6 Å². The van der Waals surface area contributed by atoms with Gasteiger partial charge in [-0.15, -0.1) is 0 Å². The third-order valence-electron chi connectivity index (χ3n) is 5.11. The number of methoxy groups -OCH3 is 1. The Morgan fingerprint density at radius 2 is 1.87 bits per heavy atom. The molecule has 1 saturated heterocycles. The maximum Gasteiger partial charge on any atom is 0.312 e. The molecule has 2 aromatic carbocycles. The molecule has 0 spiro atoms. The molecule has 1 aliphatic rings. The molecule has 0 radical (unpaired) electrons. The van der Waals surface area contributed by atoms with E-state index in [1.54, 1.807) is 37.3 Å². The van der Waals surface area contributed by atoms with E-state index in [4.69, 9.17) is 16.3 Å². The number of carbonyl (C=O) groups excluding carboxylic acids is 3. The molecule has 2 aromatic rings. The molecule has 0 bridgehead atoms. The summed E-state index contributed by atoms with van der Waals surface area (Å²) >= 11 is 6.10. The van der Waals surface area contributed by atoms with Gasteiger partial charge in [-0.2, -0.15) is 0 Å². The van der Waals surface area contributed by atoms with E-state index in [9.17, 15) is 18.8 Å². The quantitative estimate of drug-likeness (QED) is 0.661. The van der Waals surface area contributed by atoms with Crippen molar-refractivity contribution in [2.45, 2.75) is 25.9 Å². The number of piperazine rings is 1. The molecule has 1 fully saturated rings. The summed E-state index contributed by atoms with van der Waals surface area (Å²) in [7, 11) is 1.49. The summed E-state index contributed by atoms with van der Waals surface area (Å²) in [5.41, 5.74) is 1.18. The minimum atomic E-state index is -0.801. The van der Waals surface area contributed by atoms with Gasteiger partial charge in [-0.1, -0.05) is 30.7 Å². The Kier molecular flexibility index (Phi) is 7.12. The predicted octanol–water partition coefficient (Wildman–Crippen LogP) is 3.08. The van der Waals surface area contributed by atoms with Crippen LogP contribution in [0, 0.1) is 5.82 Å². The third kappa shape index (κ3) is 5.14. The van der Waals surface area contributed by atoms with Crippen LogP contribution in [0.5, 0.6) is 5.75 Å². The van der Waals surface area contributed by atoms with Gasteiger partial charge in [0, 0.05) is 25.3 Å². The first-order valence-corrected chi connectivity index (χ1v) is 10.2. The van der Waals surface area contributed by atoms with Crippen molar-refractivity contribution >= 4 is 35.0 Å². The number of benzene rings is 2. The Hall–Kier alpha value is -3.13. The van der Waals surface area contributed by atoms with Gasteiger partial charge in [0.05, 0.1) is 12.1 Å². The summed E-state index contributed by atoms with van der Waals surface area (Å²) in [5, 5.41) is 3.08. The van der Waals surface area contributed by atoms with Gasteiger partial charge < -0.3 is 19.9 Å². The van der Waals surface area contributed by atoms with Gasteiger partial charge in [0.2, 0.25) is 5.91 Å². The predicted molar refractivity (Wildman–Crippen MR) is 114 cm³/mol. The van der Waals surface area contributed by atoms with E-state index in [-0.39, 0.29) is 25.5 Å². The van der Waals surface area contributed by atoms with E-state index >= 15 is 0 Å². The van der Waals surface area contributed by atoms with Crippen LogP contribution < -0.4 is 10.1 Å². The highest BCUT2D eigenvalue weighted by Gasteiger charge is 2.38. The third-order valence-corrected chi connectivity index (χ3v) is 5.41. The highest BCUT2D eigenvalue weighted by molar-refractivity contribution is 6.36. The fraction of sp³-hybridized carbons (Fsp3) is 0.318. The van der Waals surface area contributed by atoms with Crippen LogP contribution >= 0.6 is 11.6 Å². The van der Waals surface area contributed by atoms with Crippen LogP contribution in [0.25, 0.3) is 0 Å². The zero-order chi connectivity index (χ0) is 22.5. The minimum absolute atomic E-state index is 0.200. The number of amides is 3. The number of nitrogens with one attached hydrogen (secondary N) is 1. The Morgan fingerprint density at radius 1 is 1.16 bits per heavy atom. The van der Waals surface area contributed by atoms with E-state index in [1.807, 2.05) is 0 Å². The van der Waals surface area contributed by atoms with Gasteiger partial charge >= 0.3 is 11.8 Å². The summed E-state index contributed by atoms with van der Waals surface area (Å²) in [4.78, 5) is 40.9. The first kappa shape index (κ1) is 22.6. The van der Waals surface area contributed by atoms with Crippen molar-refractivity contribution in [3.63, 3.8) is 0 Å². The molecule has 1 heterocycles. The maximum atomic E-state index is 13.1. The van der Waals surface area contributed by atoms with E-state index in [0.29, 0.717) is 22.9 Å². The van der Waals surface area contributed by atoms with Gasteiger partial charge in [-0.05, 0) is 42.3 Å².